The SMILES string of the molecule is Cc1ncc(=O)n(O)c1C. The van der Waals surface area contributed by atoms with Crippen molar-refractivity contribution in [2.24, 2.45) is 0 Å². The van der Waals surface area contributed by atoms with Crippen molar-refractivity contribution >= 4 is 0 Å². The second-order valence-corrected chi connectivity index (χ2v) is 2.08. The second-order valence-electron chi connectivity index (χ2n) is 2.08. The Labute approximate surface area is 57.7 Å². The van der Waals surface area contributed by atoms with Crippen LogP contribution < -0.4 is 5.56 Å². The summed E-state index contributed by atoms with van der Waals surface area (Å²) >= 11 is 0. The van der Waals surface area contributed by atoms with Gasteiger partial charge in [0, 0.05) is 0 Å². The van der Waals surface area contributed by atoms with Gasteiger partial charge < -0.3 is 5.21 Å². The van der Waals surface area contributed by atoms with E-state index in [0.717, 1.165) is 6.20 Å². The molecule has 0 fully saturated rings. The predicted molar refractivity (Wildman–Crippen MR) is 35.2 cm³/mol. The summed E-state index contributed by atoms with van der Waals surface area (Å²) in [6.07, 6.45) is 1.09. The van der Waals surface area contributed by atoms with Crippen LogP contribution in [0.5, 0.6) is 0 Å². The Balaban J connectivity index is 3.49. The number of aryl methyl sites for hydroxylation is 1. The summed E-state index contributed by atoms with van der Waals surface area (Å²) in [6.45, 7) is 3.35. The molecule has 0 saturated carbocycles. The largest absolute Gasteiger partial charge is 0.425 e. The minimum Gasteiger partial charge on any atom is -0.425 e. The van der Waals surface area contributed by atoms with Gasteiger partial charge in [0.15, 0.2) is 0 Å². The molecule has 4 nitrogen and oxygen atoms in total. The number of aromatic nitrogens is 2. The molecule has 0 spiro atoms. The third-order valence-electron chi connectivity index (χ3n) is 1.42. The molecule has 0 radical (unpaired) electrons. The van der Waals surface area contributed by atoms with Gasteiger partial charge in [-0.15, -0.1) is 4.73 Å². The normalized spacial score (nSPS) is 9.80. The highest BCUT2D eigenvalue weighted by molar-refractivity contribution is 5.06. The number of hydrogen-bond acceptors (Lipinski definition) is 3. The lowest BCUT2D eigenvalue weighted by molar-refractivity contribution is 0.166. The molecular formula is C6H8N2O2. The average molecular weight is 140 g/mol. The molecule has 10 heavy (non-hydrogen) atoms. The van der Waals surface area contributed by atoms with Crippen molar-refractivity contribution < 1.29 is 5.21 Å². The topological polar surface area (TPSA) is 55.1 Å². The third-order valence-corrected chi connectivity index (χ3v) is 1.42. The number of rotatable bonds is 0. The third kappa shape index (κ3) is 0.877. The molecule has 1 rings (SSSR count). The highest BCUT2D eigenvalue weighted by Crippen LogP contribution is 1.94. The lowest BCUT2D eigenvalue weighted by atomic mass is 10.3. The maximum atomic E-state index is 10.6. The molecule has 1 N–H and O–H groups in total. The fourth-order valence-corrected chi connectivity index (χ4v) is 0.619. The summed E-state index contributed by atoms with van der Waals surface area (Å²) in [7, 11) is 0. The molecule has 0 aliphatic heterocycles. The monoisotopic (exact) mass is 140 g/mol. The van der Waals surface area contributed by atoms with Crippen molar-refractivity contribution in [2.75, 3.05) is 0 Å². The van der Waals surface area contributed by atoms with Crippen LogP contribution in [0.15, 0.2) is 11.0 Å². The minimum atomic E-state index is -0.497. The fourth-order valence-electron chi connectivity index (χ4n) is 0.619. The van der Waals surface area contributed by atoms with Crippen molar-refractivity contribution in [3.05, 3.63) is 27.9 Å². The van der Waals surface area contributed by atoms with Gasteiger partial charge in [-0.05, 0) is 13.8 Å². The molecule has 0 aromatic carbocycles. The first-order valence-corrected chi connectivity index (χ1v) is 2.87. The second kappa shape index (κ2) is 2.13. The molecule has 0 aliphatic carbocycles. The maximum absolute atomic E-state index is 10.6. The van der Waals surface area contributed by atoms with Gasteiger partial charge in [-0.3, -0.25) is 9.78 Å². The lowest BCUT2D eigenvalue weighted by Gasteiger charge is -2.01. The minimum absolute atomic E-state index is 0.479. The van der Waals surface area contributed by atoms with Gasteiger partial charge in [-0.1, -0.05) is 0 Å². The molecule has 54 valence electrons. The molecule has 0 atom stereocenters. The lowest BCUT2D eigenvalue weighted by Crippen LogP contribution is -2.20. The van der Waals surface area contributed by atoms with E-state index in [1.54, 1.807) is 13.8 Å². The zero-order valence-electron chi connectivity index (χ0n) is 5.83. The fraction of sp³-hybridized carbons (Fsp3) is 0.333. The van der Waals surface area contributed by atoms with E-state index in [9.17, 15) is 4.79 Å². The molecule has 0 unspecified atom stereocenters. The van der Waals surface area contributed by atoms with Crippen LogP contribution in [-0.2, 0) is 0 Å². The number of hydrogen-bond donors (Lipinski definition) is 1. The summed E-state index contributed by atoms with van der Waals surface area (Å²) in [5.74, 6) is 0. The van der Waals surface area contributed by atoms with E-state index in [1.165, 1.54) is 0 Å². The Kier molecular flexibility index (Phi) is 1.45. The van der Waals surface area contributed by atoms with E-state index in [4.69, 9.17) is 5.21 Å². The summed E-state index contributed by atoms with van der Waals surface area (Å²) < 4.78 is 0.586. The highest BCUT2D eigenvalue weighted by atomic mass is 16.5. The molecule has 0 bridgehead atoms. The Bertz CT molecular complexity index is 303. The molecule has 0 aliphatic rings. The summed E-state index contributed by atoms with van der Waals surface area (Å²) in [5.41, 5.74) is 0.637. The van der Waals surface area contributed by atoms with E-state index < -0.39 is 5.56 Å². The quantitative estimate of drug-likeness (QED) is 0.520. The van der Waals surface area contributed by atoms with Gasteiger partial charge in [-0.25, -0.2) is 0 Å². The van der Waals surface area contributed by atoms with Crippen LogP contribution in [0.4, 0.5) is 0 Å². The van der Waals surface area contributed by atoms with Crippen LogP contribution >= 0.6 is 0 Å². The molecule has 0 saturated heterocycles. The van der Waals surface area contributed by atoms with Crippen LogP contribution in [0.1, 0.15) is 11.4 Å². The standard InChI is InChI=1S/C6H8N2O2/c1-4-5(2)8(10)6(9)3-7-4/h3,10H,1-2H3. The maximum Gasteiger partial charge on any atom is 0.301 e. The van der Waals surface area contributed by atoms with E-state index in [2.05, 4.69) is 4.98 Å². The zero-order chi connectivity index (χ0) is 7.72. The van der Waals surface area contributed by atoms with Crippen LogP contribution in [-0.4, -0.2) is 14.9 Å². The van der Waals surface area contributed by atoms with Gasteiger partial charge in [0.2, 0.25) is 0 Å². The Morgan fingerprint density at radius 3 is 2.70 bits per heavy atom. The summed E-state index contributed by atoms with van der Waals surface area (Å²) in [5, 5.41) is 8.95. The highest BCUT2D eigenvalue weighted by Gasteiger charge is 1.99. The molecule has 1 aromatic rings. The van der Waals surface area contributed by atoms with E-state index in [-0.39, 0.29) is 0 Å². The van der Waals surface area contributed by atoms with Crippen LogP contribution in [0.3, 0.4) is 0 Å². The van der Waals surface area contributed by atoms with Gasteiger partial charge >= 0.3 is 5.56 Å². The summed E-state index contributed by atoms with van der Waals surface area (Å²) in [4.78, 5) is 14.4. The first-order valence-electron chi connectivity index (χ1n) is 2.87. The van der Waals surface area contributed by atoms with Gasteiger partial charge in [0.05, 0.1) is 17.6 Å². The Morgan fingerprint density at radius 1 is 1.60 bits per heavy atom. The Morgan fingerprint density at radius 2 is 2.20 bits per heavy atom. The van der Waals surface area contributed by atoms with Crippen molar-refractivity contribution in [3.63, 3.8) is 0 Å². The van der Waals surface area contributed by atoms with Crippen molar-refractivity contribution in [3.8, 4) is 0 Å². The molecule has 1 aromatic heterocycles. The van der Waals surface area contributed by atoms with Gasteiger partial charge in [0.25, 0.3) is 0 Å². The smallest absolute Gasteiger partial charge is 0.301 e. The summed E-state index contributed by atoms with van der Waals surface area (Å²) in [6, 6.07) is 0. The Hall–Kier alpha value is -1.32. The first-order chi connectivity index (χ1) is 4.63. The molecule has 0 amide bonds. The van der Waals surface area contributed by atoms with Gasteiger partial charge in [-0.2, -0.15) is 0 Å². The molecule has 1 heterocycles. The molecular weight excluding hydrogens is 132 g/mol. The van der Waals surface area contributed by atoms with Crippen LogP contribution in [0.25, 0.3) is 0 Å². The predicted octanol–water partition coefficient (Wildman–Crippen LogP) is 0.0974. The molecule has 4 heteroatoms. The van der Waals surface area contributed by atoms with Crippen molar-refractivity contribution in [1.82, 2.24) is 9.71 Å². The first kappa shape index (κ1) is 6.80. The zero-order valence-corrected chi connectivity index (χ0v) is 5.83. The van der Waals surface area contributed by atoms with E-state index >= 15 is 0 Å². The van der Waals surface area contributed by atoms with E-state index in [0.29, 0.717) is 16.1 Å². The van der Waals surface area contributed by atoms with Crippen LogP contribution in [0, 0.1) is 13.8 Å². The van der Waals surface area contributed by atoms with Crippen LogP contribution in [0.2, 0.25) is 0 Å². The van der Waals surface area contributed by atoms with Crippen molar-refractivity contribution in [1.29, 1.82) is 0 Å². The number of nitrogens with zero attached hydrogens (tertiary/aromatic N) is 2. The average Bonchev–Trinajstić information content (AvgIpc) is 1.93. The van der Waals surface area contributed by atoms with Crippen molar-refractivity contribution in [2.45, 2.75) is 13.8 Å². The van der Waals surface area contributed by atoms with Gasteiger partial charge in [0.1, 0.15) is 0 Å². The van der Waals surface area contributed by atoms with E-state index in [1.807, 2.05) is 0 Å².